The number of carboxylic acid groups (broad SMARTS) is 1. The van der Waals surface area contributed by atoms with Crippen LogP contribution in [-0.2, 0) is 12.0 Å². The Kier molecular flexibility index (Phi) is 3.99. The molecule has 1 aliphatic rings. The zero-order chi connectivity index (χ0) is 18.1. The topological polar surface area (TPSA) is 90.7 Å². The van der Waals surface area contributed by atoms with Gasteiger partial charge in [-0.2, -0.15) is 5.10 Å². The van der Waals surface area contributed by atoms with Crippen molar-refractivity contribution in [2.24, 2.45) is 0 Å². The molecule has 3 aromatic rings. The number of hydrogen-bond acceptors (Lipinski definition) is 3. The van der Waals surface area contributed by atoms with Crippen LogP contribution in [0, 0.1) is 0 Å². The second kappa shape index (κ2) is 6.33. The van der Waals surface area contributed by atoms with Gasteiger partial charge in [-0.15, -0.1) is 0 Å². The van der Waals surface area contributed by atoms with Crippen molar-refractivity contribution in [2.45, 2.75) is 31.2 Å². The van der Waals surface area contributed by atoms with Crippen molar-refractivity contribution in [3.05, 3.63) is 70.3 Å². The highest BCUT2D eigenvalue weighted by Gasteiger charge is 2.45. The largest absolute Gasteiger partial charge is 0.465 e. The first-order chi connectivity index (χ1) is 12.6. The van der Waals surface area contributed by atoms with Crippen LogP contribution < -0.4 is 5.56 Å². The van der Waals surface area contributed by atoms with Gasteiger partial charge in [-0.25, -0.2) is 9.31 Å². The number of rotatable bonds is 3. The summed E-state index contributed by atoms with van der Waals surface area (Å²) in [6.45, 7) is 0.479. The maximum Gasteiger partial charge on any atom is 0.408 e. The molecule has 0 aliphatic carbocycles. The highest BCUT2D eigenvalue weighted by Crippen LogP contribution is 2.40. The summed E-state index contributed by atoms with van der Waals surface area (Å²) in [6.07, 6.45) is 3.68. The molecule has 1 aromatic carbocycles. The zero-order valence-electron chi connectivity index (χ0n) is 14.3. The fourth-order valence-corrected chi connectivity index (χ4v) is 3.92. The predicted molar refractivity (Wildman–Crippen MR) is 96.2 cm³/mol. The third-order valence-corrected chi connectivity index (χ3v) is 5.14. The van der Waals surface area contributed by atoms with Crippen LogP contribution in [-0.4, -0.2) is 37.2 Å². The maximum atomic E-state index is 12.0. The standard InChI is InChI=1S/C19H20N4O3/c24-17-8-11-23-16(20-17)12-15(21-23)19(13-14-6-2-1-3-7-14)9-4-5-10-22(19)18(25)26/h1-3,6-8,11-12H,4-5,9-10,13H2,(H,20,24)(H,25,26)/t19-/m0/s1. The molecule has 2 N–H and O–H groups in total. The number of likely N-dealkylation sites (tertiary alicyclic amines) is 1. The molecule has 134 valence electrons. The van der Waals surface area contributed by atoms with Gasteiger partial charge in [-0.1, -0.05) is 30.3 Å². The first-order valence-electron chi connectivity index (χ1n) is 8.72. The lowest BCUT2D eigenvalue weighted by atomic mass is 9.79. The molecule has 7 heteroatoms. The molecule has 0 bridgehead atoms. The molecule has 7 nitrogen and oxygen atoms in total. The number of piperidine rings is 1. The van der Waals surface area contributed by atoms with Gasteiger partial charge in [0.15, 0.2) is 0 Å². The van der Waals surface area contributed by atoms with E-state index in [2.05, 4.69) is 10.1 Å². The summed E-state index contributed by atoms with van der Waals surface area (Å²) in [4.78, 5) is 27.9. The van der Waals surface area contributed by atoms with E-state index in [1.54, 1.807) is 16.8 Å². The first-order valence-corrected chi connectivity index (χ1v) is 8.72. The summed E-state index contributed by atoms with van der Waals surface area (Å²) in [5.41, 5.74) is 1.35. The quantitative estimate of drug-likeness (QED) is 0.758. The van der Waals surface area contributed by atoms with Crippen LogP contribution in [0.3, 0.4) is 0 Å². The predicted octanol–water partition coefficient (Wildman–Crippen LogP) is 2.62. The van der Waals surface area contributed by atoms with Gasteiger partial charge in [-0.3, -0.25) is 9.69 Å². The third-order valence-electron chi connectivity index (χ3n) is 5.14. The molecular formula is C19H20N4O3. The number of carbonyl (C=O) groups is 1. The summed E-state index contributed by atoms with van der Waals surface area (Å²) in [7, 11) is 0. The van der Waals surface area contributed by atoms with Crippen molar-refractivity contribution in [3.63, 3.8) is 0 Å². The van der Waals surface area contributed by atoms with Crippen molar-refractivity contribution < 1.29 is 9.90 Å². The zero-order valence-corrected chi connectivity index (χ0v) is 14.3. The summed E-state index contributed by atoms with van der Waals surface area (Å²) in [5, 5.41) is 14.5. The second-order valence-electron chi connectivity index (χ2n) is 6.75. The van der Waals surface area contributed by atoms with E-state index in [1.807, 2.05) is 30.3 Å². The van der Waals surface area contributed by atoms with E-state index in [-0.39, 0.29) is 5.56 Å². The first kappa shape index (κ1) is 16.4. The van der Waals surface area contributed by atoms with Crippen molar-refractivity contribution in [3.8, 4) is 0 Å². The van der Waals surface area contributed by atoms with Gasteiger partial charge in [0.2, 0.25) is 0 Å². The van der Waals surface area contributed by atoms with E-state index in [9.17, 15) is 14.7 Å². The number of aromatic nitrogens is 3. The van der Waals surface area contributed by atoms with Crippen LogP contribution in [0.5, 0.6) is 0 Å². The molecule has 1 atom stereocenters. The number of fused-ring (bicyclic) bond motifs is 1. The second-order valence-corrected chi connectivity index (χ2v) is 6.75. The Morgan fingerprint density at radius 2 is 2.04 bits per heavy atom. The van der Waals surface area contributed by atoms with Crippen LogP contribution in [0.4, 0.5) is 4.79 Å². The Morgan fingerprint density at radius 3 is 2.81 bits per heavy atom. The average Bonchev–Trinajstić information content (AvgIpc) is 3.06. The number of aromatic amines is 1. The lowest BCUT2D eigenvalue weighted by Crippen LogP contribution is -2.53. The molecular weight excluding hydrogens is 332 g/mol. The molecule has 0 unspecified atom stereocenters. The van der Waals surface area contributed by atoms with E-state index >= 15 is 0 Å². The minimum Gasteiger partial charge on any atom is -0.465 e. The fourth-order valence-electron chi connectivity index (χ4n) is 3.92. The Bertz CT molecular complexity index is 995. The van der Waals surface area contributed by atoms with Crippen LogP contribution in [0.1, 0.15) is 30.5 Å². The van der Waals surface area contributed by atoms with E-state index in [1.165, 1.54) is 11.0 Å². The number of benzene rings is 1. The van der Waals surface area contributed by atoms with Crippen LogP contribution in [0.2, 0.25) is 0 Å². The van der Waals surface area contributed by atoms with Gasteiger partial charge >= 0.3 is 6.09 Å². The Hall–Kier alpha value is -3.09. The van der Waals surface area contributed by atoms with Gasteiger partial charge in [0.05, 0.1) is 11.2 Å². The van der Waals surface area contributed by atoms with Gasteiger partial charge in [0.25, 0.3) is 5.56 Å². The lowest BCUT2D eigenvalue weighted by Gasteiger charge is -2.44. The smallest absolute Gasteiger partial charge is 0.408 e. The van der Waals surface area contributed by atoms with Gasteiger partial charge < -0.3 is 10.1 Å². The van der Waals surface area contributed by atoms with E-state index in [0.29, 0.717) is 30.7 Å². The highest BCUT2D eigenvalue weighted by molar-refractivity contribution is 5.67. The molecule has 0 radical (unpaired) electrons. The highest BCUT2D eigenvalue weighted by atomic mass is 16.4. The molecule has 0 saturated carbocycles. The Morgan fingerprint density at radius 1 is 1.23 bits per heavy atom. The minimum absolute atomic E-state index is 0.209. The monoisotopic (exact) mass is 352 g/mol. The summed E-state index contributed by atoms with van der Waals surface area (Å²) in [5.74, 6) is 0. The average molecular weight is 352 g/mol. The summed E-state index contributed by atoms with van der Waals surface area (Å²) < 4.78 is 1.60. The number of H-pyrrole nitrogens is 1. The third kappa shape index (κ3) is 2.75. The molecule has 1 aliphatic heterocycles. The molecule has 4 rings (SSSR count). The van der Waals surface area contributed by atoms with E-state index in [4.69, 9.17) is 0 Å². The molecule has 0 spiro atoms. The van der Waals surface area contributed by atoms with E-state index in [0.717, 1.165) is 18.4 Å². The Labute approximate surface area is 149 Å². The number of hydrogen-bond donors (Lipinski definition) is 2. The van der Waals surface area contributed by atoms with Crippen LogP contribution in [0.25, 0.3) is 5.65 Å². The number of nitrogens with one attached hydrogen (secondary N) is 1. The fraction of sp³-hybridized carbons (Fsp3) is 0.316. The van der Waals surface area contributed by atoms with Crippen molar-refractivity contribution in [2.75, 3.05) is 6.54 Å². The molecule has 2 aromatic heterocycles. The van der Waals surface area contributed by atoms with Crippen molar-refractivity contribution in [1.29, 1.82) is 0 Å². The van der Waals surface area contributed by atoms with Gasteiger partial charge in [0.1, 0.15) is 5.65 Å². The molecule has 1 saturated heterocycles. The van der Waals surface area contributed by atoms with Crippen LogP contribution >= 0.6 is 0 Å². The number of amides is 1. The summed E-state index contributed by atoms with van der Waals surface area (Å²) in [6, 6.07) is 13.1. The van der Waals surface area contributed by atoms with Crippen molar-refractivity contribution >= 4 is 11.7 Å². The molecule has 26 heavy (non-hydrogen) atoms. The maximum absolute atomic E-state index is 12.0. The van der Waals surface area contributed by atoms with Gasteiger partial charge in [0, 0.05) is 31.3 Å². The van der Waals surface area contributed by atoms with Crippen LogP contribution in [0.15, 0.2) is 53.5 Å². The molecule has 3 heterocycles. The molecule has 1 amide bonds. The normalized spacial score (nSPS) is 20.4. The lowest BCUT2D eigenvalue weighted by molar-refractivity contribution is 0.0415. The van der Waals surface area contributed by atoms with Gasteiger partial charge in [-0.05, 0) is 24.8 Å². The Balaban J connectivity index is 1.88. The molecule has 1 fully saturated rings. The summed E-state index contributed by atoms with van der Waals surface area (Å²) >= 11 is 0. The van der Waals surface area contributed by atoms with Crippen molar-refractivity contribution in [1.82, 2.24) is 19.5 Å². The number of nitrogens with zero attached hydrogens (tertiary/aromatic N) is 3. The minimum atomic E-state index is -0.939. The van der Waals surface area contributed by atoms with E-state index < -0.39 is 11.6 Å². The SMILES string of the molecule is O=C(O)N1CCCC[C@]1(Cc1ccccc1)c1cc2[nH]c(=O)ccn2n1.